The van der Waals surface area contributed by atoms with Gasteiger partial charge in [0.2, 0.25) is 16.0 Å². The van der Waals surface area contributed by atoms with Crippen molar-refractivity contribution in [2.75, 3.05) is 36.5 Å². The first-order valence-corrected chi connectivity index (χ1v) is 13.1. The van der Waals surface area contributed by atoms with Crippen LogP contribution >= 0.6 is 0 Å². The lowest BCUT2D eigenvalue weighted by molar-refractivity contribution is 0.278. The van der Waals surface area contributed by atoms with Crippen molar-refractivity contribution in [2.45, 2.75) is 50.1 Å². The Morgan fingerprint density at radius 3 is 2.91 bits per heavy atom. The van der Waals surface area contributed by atoms with E-state index in [1.807, 2.05) is 11.8 Å². The van der Waals surface area contributed by atoms with Gasteiger partial charge in [-0.3, -0.25) is 10.9 Å². The van der Waals surface area contributed by atoms with E-state index in [1.54, 1.807) is 19.1 Å². The molecular formula is C22H32FN7O3S. The van der Waals surface area contributed by atoms with Crippen molar-refractivity contribution < 1.29 is 17.9 Å². The molecule has 1 aliphatic carbocycles. The first-order chi connectivity index (χ1) is 16.3. The van der Waals surface area contributed by atoms with Crippen LogP contribution in [-0.2, 0) is 10.0 Å². The third kappa shape index (κ3) is 5.15. The summed E-state index contributed by atoms with van der Waals surface area (Å²) in [5.41, 5.74) is 7.57. The average molecular weight is 494 g/mol. The van der Waals surface area contributed by atoms with Crippen molar-refractivity contribution in [3.63, 3.8) is 0 Å². The number of rotatable bonds is 9. The van der Waals surface area contributed by atoms with Crippen molar-refractivity contribution in [3.05, 3.63) is 35.8 Å². The van der Waals surface area contributed by atoms with Gasteiger partial charge in [-0.05, 0) is 50.8 Å². The number of aromatic nitrogens is 2. The summed E-state index contributed by atoms with van der Waals surface area (Å²) in [6.45, 7) is 4.73. The summed E-state index contributed by atoms with van der Waals surface area (Å²) in [5.74, 6) is 0.284. The van der Waals surface area contributed by atoms with Crippen LogP contribution in [-0.4, -0.2) is 61.8 Å². The summed E-state index contributed by atoms with van der Waals surface area (Å²) in [6.07, 6.45) is 4.26. The molecule has 12 heteroatoms. The number of aryl methyl sites for hydroxylation is 1. The molecule has 2 aromatic rings. The first kappa shape index (κ1) is 24.7. The van der Waals surface area contributed by atoms with Gasteiger partial charge in [-0.15, -0.1) is 0 Å². The Kier molecular flexibility index (Phi) is 7.63. The van der Waals surface area contributed by atoms with Gasteiger partial charge in [-0.25, -0.2) is 22.5 Å². The lowest BCUT2D eigenvalue weighted by atomic mass is 9.81. The Balaban J connectivity index is 1.59. The highest BCUT2D eigenvalue weighted by atomic mass is 32.2. The van der Waals surface area contributed by atoms with Crippen molar-refractivity contribution in [1.29, 1.82) is 0 Å². The van der Waals surface area contributed by atoms with E-state index >= 15 is 0 Å². The van der Waals surface area contributed by atoms with Crippen LogP contribution < -0.4 is 25.8 Å². The van der Waals surface area contributed by atoms with Crippen LogP contribution in [0.3, 0.4) is 0 Å². The number of sulfonamides is 1. The molecule has 4 rings (SSSR count). The fourth-order valence-corrected chi connectivity index (χ4v) is 6.20. The van der Waals surface area contributed by atoms with Gasteiger partial charge < -0.3 is 15.3 Å². The summed E-state index contributed by atoms with van der Waals surface area (Å²) in [5, 5.41) is 12.0. The molecule has 186 valence electrons. The van der Waals surface area contributed by atoms with Crippen molar-refractivity contribution in [3.8, 4) is 0 Å². The van der Waals surface area contributed by atoms with E-state index in [4.69, 9.17) is 5.11 Å². The van der Waals surface area contributed by atoms with E-state index in [0.717, 1.165) is 32.0 Å². The zero-order valence-electron chi connectivity index (χ0n) is 19.4. The molecule has 1 saturated carbocycles. The molecule has 2 heterocycles. The second-order valence-corrected chi connectivity index (χ2v) is 10.4. The molecule has 34 heavy (non-hydrogen) atoms. The minimum Gasteiger partial charge on any atom is -0.395 e. The van der Waals surface area contributed by atoms with Gasteiger partial charge in [-0.2, -0.15) is 4.98 Å². The van der Waals surface area contributed by atoms with Crippen molar-refractivity contribution >= 4 is 27.5 Å². The Hall–Kier alpha value is -2.38. The molecular weight excluding hydrogens is 461 g/mol. The Morgan fingerprint density at radius 2 is 2.15 bits per heavy atom. The SMILES string of the molecule is CCN(c1nc(Nc2ccc(C)c(S(=O)(=O)NCCO)c2)ncc1F)C1CCCC2NNCC21. The molecule has 10 nitrogen and oxygen atoms in total. The smallest absolute Gasteiger partial charge is 0.240 e. The van der Waals surface area contributed by atoms with Gasteiger partial charge >= 0.3 is 0 Å². The van der Waals surface area contributed by atoms with Crippen LogP contribution in [0.4, 0.5) is 21.8 Å². The van der Waals surface area contributed by atoms with Gasteiger partial charge in [0.25, 0.3) is 0 Å². The molecule has 0 spiro atoms. The number of aliphatic hydroxyl groups is 1. The normalized spacial score (nSPS) is 22.4. The predicted octanol–water partition coefficient (Wildman–Crippen LogP) is 1.41. The standard InChI is InChI=1S/C22H32FN7O3S/c1-3-30(19-6-4-5-18-16(19)12-25-29-18)21-17(23)13-24-22(28-21)27-15-8-7-14(2)20(11-15)34(32,33)26-9-10-31/h7-8,11,13,16,18-19,25-26,29,31H,3-6,9-10,12H2,1-2H3,(H,24,27,28). The van der Waals surface area contributed by atoms with Gasteiger partial charge in [0.05, 0.1) is 17.7 Å². The van der Waals surface area contributed by atoms with Crippen LogP contribution in [0.25, 0.3) is 0 Å². The Labute approximate surface area is 199 Å². The van der Waals surface area contributed by atoms with E-state index in [2.05, 4.69) is 30.9 Å². The van der Waals surface area contributed by atoms with Crippen LogP contribution in [0.2, 0.25) is 0 Å². The first-order valence-electron chi connectivity index (χ1n) is 11.6. The highest BCUT2D eigenvalue weighted by Gasteiger charge is 2.40. The van der Waals surface area contributed by atoms with Crippen LogP contribution in [0.1, 0.15) is 31.7 Å². The number of nitrogens with zero attached hydrogens (tertiary/aromatic N) is 3. The highest BCUT2D eigenvalue weighted by molar-refractivity contribution is 7.89. The third-order valence-electron chi connectivity index (χ3n) is 6.53. The van der Waals surface area contributed by atoms with Gasteiger partial charge in [0, 0.05) is 43.3 Å². The van der Waals surface area contributed by atoms with E-state index in [1.165, 1.54) is 6.07 Å². The average Bonchev–Trinajstić information content (AvgIpc) is 3.31. The minimum absolute atomic E-state index is 0.0786. The quantitative estimate of drug-likeness (QED) is 0.352. The predicted molar refractivity (Wildman–Crippen MR) is 128 cm³/mol. The lowest BCUT2D eigenvalue weighted by Crippen LogP contribution is -2.49. The molecule has 2 aliphatic rings. The molecule has 2 fully saturated rings. The van der Waals surface area contributed by atoms with E-state index in [0.29, 0.717) is 29.8 Å². The largest absolute Gasteiger partial charge is 0.395 e. The molecule has 1 aromatic carbocycles. The number of nitrogens with one attached hydrogen (secondary N) is 4. The molecule has 1 aliphatic heterocycles. The van der Waals surface area contributed by atoms with E-state index in [9.17, 15) is 12.8 Å². The fourth-order valence-electron chi connectivity index (χ4n) is 4.91. The lowest BCUT2D eigenvalue weighted by Gasteiger charge is -2.40. The summed E-state index contributed by atoms with van der Waals surface area (Å²) < 4.78 is 42.4. The highest BCUT2D eigenvalue weighted by Crippen LogP contribution is 2.34. The molecule has 0 bridgehead atoms. The topological polar surface area (TPSA) is 132 Å². The maximum atomic E-state index is 14.9. The number of aliphatic hydroxyl groups excluding tert-OH is 1. The second kappa shape index (κ2) is 10.5. The number of hydrogen-bond donors (Lipinski definition) is 5. The zero-order valence-corrected chi connectivity index (χ0v) is 20.2. The molecule has 3 unspecified atom stereocenters. The second-order valence-electron chi connectivity index (χ2n) is 8.67. The van der Waals surface area contributed by atoms with Crippen LogP contribution in [0.5, 0.6) is 0 Å². The van der Waals surface area contributed by atoms with Gasteiger partial charge in [0.1, 0.15) is 0 Å². The summed E-state index contributed by atoms with van der Waals surface area (Å²) >= 11 is 0. The fraction of sp³-hybridized carbons (Fsp3) is 0.545. The van der Waals surface area contributed by atoms with E-state index in [-0.39, 0.29) is 35.9 Å². The van der Waals surface area contributed by atoms with Crippen LogP contribution in [0.15, 0.2) is 29.3 Å². The third-order valence-corrected chi connectivity index (χ3v) is 8.13. The van der Waals surface area contributed by atoms with Crippen LogP contribution in [0, 0.1) is 18.7 Å². The number of fused-ring (bicyclic) bond motifs is 1. The number of hydrazine groups is 1. The zero-order chi connectivity index (χ0) is 24.3. The van der Waals surface area contributed by atoms with Crippen molar-refractivity contribution in [2.24, 2.45) is 5.92 Å². The number of anilines is 3. The molecule has 3 atom stereocenters. The van der Waals surface area contributed by atoms with Gasteiger partial charge in [-0.1, -0.05) is 6.07 Å². The van der Waals surface area contributed by atoms with E-state index < -0.39 is 15.8 Å². The van der Waals surface area contributed by atoms with Crippen molar-refractivity contribution in [1.82, 2.24) is 25.5 Å². The Bertz CT molecular complexity index is 1120. The molecule has 1 saturated heterocycles. The molecule has 5 N–H and O–H groups in total. The molecule has 1 aromatic heterocycles. The number of benzene rings is 1. The number of halogens is 1. The maximum absolute atomic E-state index is 14.9. The molecule has 0 radical (unpaired) electrons. The monoisotopic (exact) mass is 493 g/mol. The maximum Gasteiger partial charge on any atom is 0.240 e. The molecule has 0 amide bonds. The van der Waals surface area contributed by atoms with Gasteiger partial charge in [0.15, 0.2) is 11.6 Å². The summed E-state index contributed by atoms with van der Waals surface area (Å²) in [7, 11) is -3.79. The number of hydrogen-bond acceptors (Lipinski definition) is 9. The minimum atomic E-state index is -3.79. The summed E-state index contributed by atoms with van der Waals surface area (Å²) in [4.78, 5) is 10.7. The Morgan fingerprint density at radius 1 is 1.32 bits per heavy atom. The summed E-state index contributed by atoms with van der Waals surface area (Å²) in [6, 6.07) is 5.37.